The minimum atomic E-state index is 0.363. The second kappa shape index (κ2) is 5.05. The Kier molecular flexibility index (Phi) is 3.72. The van der Waals surface area contributed by atoms with Crippen LogP contribution in [0.3, 0.4) is 0 Å². The summed E-state index contributed by atoms with van der Waals surface area (Å²) in [5.41, 5.74) is 1.17. The van der Waals surface area contributed by atoms with Crippen LogP contribution in [0.25, 0.3) is 0 Å². The highest BCUT2D eigenvalue weighted by Crippen LogP contribution is 2.29. The Hall–Kier alpha value is -0.450. The quantitative estimate of drug-likeness (QED) is 0.855. The van der Waals surface area contributed by atoms with Crippen molar-refractivity contribution in [3.05, 3.63) is 16.1 Å². The molecular formula is C11H18N2OS. The summed E-state index contributed by atoms with van der Waals surface area (Å²) in [6.07, 6.45) is 1.13. The largest absolute Gasteiger partial charge is 0.381 e. The molecule has 1 aliphatic heterocycles. The third-order valence-electron chi connectivity index (χ3n) is 2.77. The molecule has 84 valence electrons. The van der Waals surface area contributed by atoms with Crippen molar-refractivity contribution in [2.45, 2.75) is 32.2 Å². The molecule has 3 nitrogen and oxygen atoms in total. The molecule has 2 atom stereocenters. The van der Waals surface area contributed by atoms with Gasteiger partial charge in [0.15, 0.2) is 0 Å². The Morgan fingerprint density at radius 3 is 3.27 bits per heavy atom. The van der Waals surface area contributed by atoms with Gasteiger partial charge in [-0.15, -0.1) is 11.3 Å². The zero-order chi connectivity index (χ0) is 10.7. The highest BCUT2D eigenvalue weighted by molar-refractivity contribution is 7.09. The minimum Gasteiger partial charge on any atom is -0.381 e. The molecule has 1 aromatic rings. The van der Waals surface area contributed by atoms with Crippen molar-refractivity contribution in [1.82, 2.24) is 10.3 Å². The van der Waals surface area contributed by atoms with Crippen LogP contribution in [0.1, 0.15) is 42.9 Å². The van der Waals surface area contributed by atoms with E-state index in [-0.39, 0.29) is 0 Å². The summed E-state index contributed by atoms with van der Waals surface area (Å²) in [5.74, 6) is 0.539. The van der Waals surface area contributed by atoms with Crippen LogP contribution in [0.15, 0.2) is 5.38 Å². The molecule has 1 saturated heterocycles. The first-order chi connectivity index (χ1) is 7.31. The summed E-state index contributed by atoms with van der Waals surface area (Å²) in [4.78, 5) is 4.69. The van der Waals surface area contributed by atoms with Crippen molar-refractivity contribution in [2.24, 2.45) is 0 Å². The van der Waals surface area contributed by atoms with Gasteiger partial charge in [-0.25, -0.2) is 4.98 Å². The lowest BCUT2D eigenvalue weighted by atomic mass is 10.1. The third kappa shape index (κ3) is 2.56. The summed E-state index contributed by atoms with van der Waals surface area (Å²) >= 11 is 1.77. The maximum absolute atomic E-state index is 5.38. The van der Waals surface area contributed by atoms with Crippen LogP contribution < -0.4 is 5.32 Å². The van der Waals surface area contributed by atoms with Gasteiger partial charge in [0.05, 0.1) is 17.3 Å². The van der Waals surface area contributed by atoms with E-state index < -0.39 is 0 Å². The Balaban J connectivity index is 2.02. The van der Waals surface area contributed by atoms with Crippen LogP contribution in [-0.4, -0.2) is 24.7 Å². The molecule has 4 heteroatoms. The molecule has 1 aromatic heterocycles. The summed E-state index contributed by atoms with van der Waals surface area (Å²) in [6, 6.07) is 0.363. The fourth-order valence-corrected chi connectivity index (χ4v) is 2.86. The Morgan fingerprint density at radius 2 is 2.60 bits per heavy atom. The average molecular weight is 226 g/mol. The molecule has 0 radical (unpaired) electrons. The van der Waals surface area contributed by atoms with Crippen LogP contribution in [0.4, 0.5) is 0 Å². The lowest BCUT2D eigenvalue weighted by Crippen LogP contribution is -2.18. The molecule has 2 rings (SSSR count). The molecule has 1 aliphatic rings. The van der Waals surface area contributed by atoms with Crippen molar-refractivity contribution in [1.29, 1.82) is 0 Å². The molecule has 0 spiro atoms. The Bertz CT molecular complexity index is 307. The summed E-state index contributed by atoms with van der Waals surface area (Å²) in [6.45, 7) is 7.01. The van der Waals surface area contributed by atoms with E-state index in [1.54, 1.807) is 11.3 Å². The lowest BCUT2D eigenvalue weighted by molar-refractivity contribution is 0.194. The number of hydrogen-bond donors (Lipinski definition) is 1. The van der Waals surface area contributed by atoms with E-state index in [9.17, 15) is 0 Å². The molecule has 0 aromatic carbocycles. The van der Waals surface area contributed by atoms with Gasteiger partial charge in [-0.3, -0.25) is 0 Å². The van der Waals surface area contributed by atoms with Crippen LogP contribution in [0.5, 0.6) is 0 Å². The van der Waals surface area contributed by atoms with Crippen molar-refractivity contribution < 1.29 is 4.74 Å². The number of aromatic nitrogens is 1. The lowest BCUT2D eigenvalue weighted by Gasteiger charge is -2.08. The molecule has 0 amide bonds. The molecule has 1 fully saturated rings. The summed E-state index contributed by atoms with van der Waals surface area (Å²) in [5, 5.41) is 6.79. The molecule has 0 saturated carbocycles. The van der Waals surface area contributed by atoms with E-state index in [1.165, 1.54) is 10.7 Å². The molecular weight excluding hydrogens is 208 g/mol. The van der Waals surface area contributed by atoms with Crippen LogP contribution in [0, 0.1) is 0 Å². The summed E-state index contributed by atoms with van der Waals surface area (Å²) < 4.78 is 5.38. The van der Waals surface area contributed by atoms with Crippen molar-refractivity contribution >= 4 is 11.3 Å². The van der Waals surface area contributed by atoms with Gasteiger partial charge in [0.1, 0.15) is 0 Å². The second-order valence-corrected chi connectivity index (χ2v) is 4.84. The highest BCUT2D eigenvalue weighted by Gasteiger charge is 2.21. The van der Waals surface area contributed by atoms with Gasteiger partial charge < -0.3 is 10.1 Å². The van der Waals surface area contributed by atoms with Gasteiger partial charge in [0.2, 0.25) is 0 Å². The topological polar surface area (TPSA) is 34.1 Å². The monoisotopic (exact) mass is 226 g/mol. The first-order valence-electron chi connectivity index (χ1n) is 5.57. The van der Waals surface area contributed by atoms with Crippen molar-refractivity contribution in [3.8, 4) is 0 Å². The smallest absolute Gasteiger partial charge is 0.0983 e. The Morgan fingerprint density at radius 1 is 1.73 bits per heavy atom. The molecule has 2 heterocycles. The molecule has 0 aliphatic carbocycles. The standard InChI is InChI=1S/C11H18N2OS/c1-3-12-8(2)10-7-15-11(13-10)9-4-5-14-6-9/h7-9,12H,3-6H2,1-2H3. The van der Waals surface area contributed by atoms with E-state index in [0.717, 1.165) is 26.2 Å². The predicted molar refractivity (Wildman–Crippen MR) is 62.4 cm³/mol. The average Bonchev–Trinajstić information content (AvgIpc) is 2.89. The van der Waals surface area contributed by atoms with Gasteiger partial charge >= 0.3 is 0 Å². The van der Waals surface area contributed by atoms with Crippen LogP contribution in [0.2, 0.25) is 0 Å². The fourth-order valence-electron chi connectivity index (χ4n) is 1.83. The maximum Gasteiger partial charge on any atom is 0.0983 e. The van der Waals surface area contributed by atoms with E-state index >= 15 is 0 Å². The predicted octanol–water partition coefficient (Wildman–Crippen LogP) is 2.32. The number of rotatable bonds is 4. The van der Waals surface area contributed by atoms with Gasteiger partial charge in [-0.2, -0.15) is 0 Å². The van der Waals surface area contributed by atoms with E-state index in [0.29, 0.717) is 12.0 Å². The van der Waals surface area contributed by atoms with E-state index in [1.807, 2.05) is 0 Å². The second-order valence-electron chi connectivity index (χ2n) is 3.95. The minimum absolute atomic E-state index is 0.363. The maximum atomic E-state index is 5.38. The zero-order valence-corrected chi connectivity index (χ0v) is 10.1. The first kappa shape index (κ1) is 11.0. The molecule has 2 unspecified atom stereocenters. The van der Waals surface area contributed by atoms with Crippen LogP contribution in [-0.2, 0) is 4.74 Å². The molecule has 0 bridgehead atoms. The summed E-state index contributed by atoms with van der Waals surface area (Å²) in [7, 11) is 0. The van der Waals surface area contributed by atoms with Gasteiger partial charge in [0, 0.05) is 23.9 Å². The fraction of sp³-hybridized carbons (Fsp3) is 0.727. The number of nitrogens with one attached hydrogen (secondary N) is 1. The van der Waals surface area contributed by atoms with E-state index in [2.05, 4.69) is 29.5 Å². The number of ether oxygens (including phenoxy) is 1. The van der Waals surface area contributed by atoms with Crippen molar-refractivity contribution in [2.75, 3.05) is 19.8 Å². The third-order valence-corrected chi connectivity index (χ3v) is 3.80. The van der Waals surface area contributed by atoms with Crippen molar-refractivity contribution in [3.63, 3.8) is 0 Å². The van der Waals surface area contributed by atoms with Gasteiger partial charge in [-0.1, -0.05) is 6.92 Å². The number of thiazole rings is 1. The molecule has 15 heavy (non-hydrogen) atoms. The number of nitrogens with zero attached hydrogens (tertiary/aromatic N) is 1. The van der Waals surface area contributed by atoms with Gasteiger partial charge in [0.25, 0.3) is 0 Å². The van der Waals surface area contributed by atoms with Crippen LogP contribution >= 0.6 is 11.3 Å². The first-order valence-corrected chi connectivity index (χ1v) is 6.45. The van der Waals surface area contributed by atoms with Gasteiger partial charge in [-0.05, 0) is 19.9 Å². The Labute approximate surface area is 94.9 Å². The highest BCUT2D eigenvalue weighted by atomic mass is 32.1. The normalized spacial score (nSPS) is 23.2. The molecule has 1 N–H and O–H groups in total. The zero-order valence-electron chi connectivity index (χ0n) is 9.32. The number of hydrogen-bond acceptors (Lipinski definition) is 4. The van der Waals surface area contributed by atoms with E-state index in [4.69, 9.17) is 4.74 Å². The SMILES string of the molecule is CCNC(C)c1csc(C2CCOC2)n1.